The van der Waals surface area contributed by atoms with Gasteiger partial charge in [-0.05, 0) is 69.6 Å². The molecule has 22 heteroatoms. The lowest BCUT2D eigenvalue weighted by molar-refractivity contribution is -0.757. The molecule has 2 atom stereocenters. The first-order valence-corrected chi connectivity index (χ1v) is 16.2. The average molecular weight is 747 g/mol. The number of ether oxygens (including phenoxy) is 4. The van der Waals surface area contributed by atoms with Gasteiger partial charge in [0.25, 0.3) is 15.3 Å². The highest BCUT2D eigenvalue weighted by Gasteiger charge is 2.24. The number of esters is 4. The molecule has 1 N–H and O–H groups in total. The summed E-state index contributed by atoms with van der Waals surface area (Å²) in [6.07, 6.45) is 2.11. The van der Waals surface area contributed by atoms with E-state index >= 15 is 0 Å². The Hall–Kier alpha value is -5.83. The van der Waals surface area contributed by atoms with E-state index in [0.29, 0.717) is 56.9 Å². The maximum Gasteiger partial charge on any atom is 0.352 e. The van der Waals surface area contributed by atoms with Crippen molar-refractivity contribution in [1.29, 1.82) is 0 Å². The molecule has 1 amide bonds. The van der Waals surface area contributed by atoms with Gasteiger partial charge < -0.3 is 38.8 Å². The minimum atomic E-state index is -1.41. The molecule has 1 rings (SSSR count). The van der Waals surface area contributed by atoms with E-state index in [-0.39, 0.29) is 51.4 Å². The third-order valence-electron chi connectivity index (χ3n) is 6.64. The fourth-order valence-corrected chi connectivity index (χ4v) is 4.10. The van der Waals surface area contributed by atoms with E-state index in [2.05, 4.69) is 19.8 Å². The van der Waals surface area contributed by atoms with Crippen LogP contribution in [0, 0.1) is 30.3 Å². The monoisotopic (exact) mass is 746 g/mol. The van der Waals surface area contributed by atoms with Crippen molar-refractivity contribution < 1.29 is 72.7 Å². The van der Waals surface area contributed by atoms with Crippen LogP contribution in [0.4, 0.5) is 0 Å². The van der Waals surface area contributed by atoms with Gasteiger partial charge in [-0.2, -0.15) is 0 Å². The van der Waals surface area contributed by atoms with E-state index in [4.69, 9.17) is 18.9 Å². The van der Waals surface area contributed by atoms with Crippen LogP contribution in [0.25, 0.3) is 0 Å². The fraction of sp³-hybridized carbons (Fsp3) is 0.633. The molecule has 0 fully saturated rings. The SMILES string of the molecule is CC(OC(=O)CO[N+](=O)[O-])C(=O)Oc1ccc(CC(NC(=O)CCCCCO[N+](=O)[O-])C(=O)OCCCCCC(=O)OCCCCO[N+](=O)[O-])cc1. The number of carbonyl (C=O) groups is 5. The summed E-state index contributed by atoms with van der Waals surface area (Å²) in [5.41, 5.74) is 0.541. The number of hydrogen-bond acceptors (Lipinski definition) is 18. The molecule has 1 aromatic rings. The van der Waals surface area contributed by atoms with Crippen LogP contribution in [0.3, 0.4) is 0 Å². The van der Waals surface area contributed by atoms with Crippen molar-refractivity contribution in [2.75, 3.05) is 33.0 Å². The number of nitrogens with zero attached hydrogens (tertiary/aromatic N) is 3. The Morgan fingerprint density at radius 2 is 1.19 bits per heavy atom. The van der Waals surface area contributed by atoms with Crippen molar-refractivity contribution in [3.8, 4) is 5.75 Å². The number of benzene rings is 1. The summed E-state index contributed by atoms with van der Waals surface area (Å²) < 4.78 is 20.3. The van der Waals surface area contributed by atoms with Crippen LogP contribution in [-0.2, 0) is 59.1 Å². The zero-order valence-corrected chi connectivity index (χ0v) is 28.5. The zero-order chi connectivity index (χ0) is 38.7. The van der Waals surface area contributed by atoms with Crippen LogP contribution in [0.15, 0.2) is 24.3 Å². The lowest BCUT2D eigenvalue weighted by Crippen LogP contribution is -2.43. The van der Waals surface area contributed by atoms with Gasteiger partial charge in [0, 0.05) is 19.3 Å². The van der Waals surface area contributed by atoms with E-state index in [1.54, 1.807) is 0 Å². The molecule has 290 valence electrons. The lowest BCUT2D eigenvalue weighted by atomic mass is 10.1. The Morgan fingerprint density at radius 1 is 0.654 bits per heavy atom. The van der Waals surface area contributed by atoms with E-state index in [1.807, 2.05) is 0 Å². The smallest absolute Gasteiger partial charge is 0.352 e. The zero-order valence-electron chi connectivity index (χ0n) is 28.5. The van der Waals surface area contributed by atoms with Gasteiger partial charge in [0.1, 0.15) is 11.8 Å². The molecule has 0 aromatic heterocycles. The number of nitrogens with one attached hydrogen (secondary N) is 1. The number of rotatable bonds is 29. The topological polar surface area (TPSA) is 291 Å². The van der Waals surface area contributed by atoms with Gasteiger partial charge >= 0.3 is 23.9 Å². The quantitative estimate of drug-likeness (QED) is 0.0307. The number of amides is 1. The summed E-state index contributed by atoms with van der Waals surface area (Å²) in [4.78, 5) is 104. The second-order valence-electron chi connectivity index (χ2n) is 10.8. The molecule has 0 saturated heterocycles. The second kappa shape index (κ2) is 26.0. The largest absolute Gasteiger partial charge is 0.466 e. The van der Waals surface area contributed by atoms with Gasteiger partial charge in [-0.1, -0.05) is 18.6 Å². The first kappa shape index (κ1) is 44.2. The van der Waals surface area contributed by atoms with E-state index < -0.39 is 63.8 Å². The number of carbonyl (C=O) groups excluding carboxylic acids is 5. The van der Waals surface area contributed by atoms with Crippen LogP contribution < -0.4 is 10.1 Å². The van der Waals surface area contributed by atoms with E-state index in [0.717, 1.165) is 0 Å². The van der Waals surface area contributed by atoms with Crippen molar-refractivity contribution in [3.63, 3.8) is 0 Å². The average Bonchev–Trinajstić information content (AvgIpc) is 3.08. The molecule has 0 saturated carbocycles. The van der Waals surface area contributed by atoms with Gasteiger partial charge in [0.15, 0.2) is 12.7 Å². The van der Waals surface area contributed by atoms with Gasteiger partial charge in [-0.3, -0.25) is 9.59 Å². The standard InChI is InChI=1S/C30H42N4O18/c1-22(51-28(37)21-50-34(44)45)29(38)52-24-14-12-23(13-15-24)20-25(31-26(35)10-4-2-7-18-48-32(40)41)30(39)47-17-6-3-5-11-27(36)46-16-8-9-19-49-33(42)43/h12-15,22,25H,2-11,16-21H2,1H3,(H,31,35). The Labute approximate surface area is 296 Å². The Bertz CT molecular complexity index is 1330. The molecule has 0 bridgehead atoms. The van der Waals surface area contributed by atoms with Crippen molar-refractivity contribution in [2.45, 2.75) is 89.7 Å². The highest BCUT2D eigenvalue weighted by atomic mass is 17.0. The van der Waals surface area contributed by atoms with Gasteiger partial charge in [0.05, 0.1) is 26.4 Å². The molecular weight excluding hydrogens is 704 g/mol. The molecule has 0 aliphatic rings. The van der Waals surface area contributed by atoms with Crippen LogP contribution in [-0.4, -0.2) is 90.2 Å². The summed E-state index contributed by atoms with van der Waals surface area (Å²) in [5.74, 6) is -3.70. The first-order valence-electron chi connectivity index (χ1n) is 16.2. The Morgan fingerprint density at radius 3 is 1.81 bits per heavy atom. The van der Waals surface area contributed by atoms with Gasteiger partial charge in [-0.15, -0.1) is 30.3 Å². The summed E-state index contributed by atoms with van der Waals surface area (Å²) in [6, 6.07) is 4.72. The third kappa shape index (κ3) is 22.7. The van der Waals surface area contributed by atoms with Crippen molar-refractivity contribution in [2.24, 2.45) is 0 Å². The minimum Gasteiger partial charge on any atom is -0.466 e. The first-order chi connectivity index (χ1) is 24.8. The van der Waals surface area contributed by atoms with E-state index in [9.17, 15) is 54.3 Å². The third-order valence-corrected chi connectivity index (χ3v) is 6.64. The Balaban J connectivity index is 2.63. The molecule has 2 unspecified atom stereocenters. The molecule has 52 heavy (non-hydrogen) atoms. The van der Waals surface area contributed by atoms with Crippen molar-refractivity contribution in [1.82, 2.24) is 5.32 Å². The van der Waals surface area contributed by atoms with Gasteiger partial charge in [-0.25, -0.2) is 14.4 Å². The molecule has 0 radical (unpaired) electrons. The summed E-state index contributed by atoms with van der Waals surface area (Å²) in [7, 11) is 0. The maximum absolute atomic E-state index is 13.0. The van der Waals surface area contributed by atoms with Crippen LogP contribution in [0.5, 0.6) is 5.75 Å². The molecule has 0 spiro atoms. The Kier molecular flexibility index (Phi) is 22.1. The molecule has 1 aromatic carbocycles. The predicted octanol–water partition coefficient (Wildman–Crippen LogP) is 2.16. The number of unbranched alkanes of at least 4 members (excludes halogenated alkanes) is 5. The normalized spacial score (nSPS) is 11.6. The highest BCUT2D eigenvalue weighted by Crippen LogP contribution is 2.16. The number of hydrogen-bond donors (Lipinski definition) is 1. The molecular formula is C30H42N4O18. The molecule has 0 aliphatic heterocycles. The van der Waals surface area contributed by atoms with Crippen molar-refractivity contribution in [3.05, 3.63) is 60.2 Å². The summed E-state index contributed by atoms with van der Waals surface area (Å²) in [5, 5.41) is 30.2. The van der Waals surface area contributed by atoms with E-state index in [1.165, 1.54) is 31.2 Å². The van der Waals surface area contributed by atoms with Crippen molar-refractivity contribution >= 4 is 29.8 Å². The molecule has 0 heterocycles. The summed E-state index contributed by atoms with van der Waals surface area (Å²) >= 11 is 0. The van der Waals surface area contributed by atoms with Gasteiger partial charge in [0.2, 0.25) is 5.91 Å². The lowest BCUT2D eigenvalue weighted by Gasteiger charge is -2.18. The predicted molar refractivity (Wildman–Crippen MR) is 170 cm³/mol. The highest BCUT2D eigenvalue weighted by molar-refractivity contribution is 5.84. The fourth-order valence-electron chi connectivity index (χ4n) is 4.10. The van der Waals surface area contributed by atoms with Crippen LogP contribution in [0.2, 0.25) is 0 Å². The summed E-state index contributed by atoms with van der Waals surface area (Å²) in [6.45, 7) is 0.102. The van der Waals surface area contributed by atoms with Crippen LogP contribution in [0.1, 0.15) is 76.7 Å². The maximum atomic E-state index is 13.0. The molecule has 22 nitrogen and oxygen atoms in total. The second-order valence-corrected chi connectivity index (χ2v) is 10.8. The molecule has 0 aliphatic carbocycles. The van der Waals surface area contributed by atoms with Crippen LogP contribution >= 0.6 is 0 Å². The minimum absolute atomic E-state index is 0.00293.